The number of rotatable bonds is 8. The van der Waals surface area contributed by atoms with E-state index < -0.39 is 29.4 Å². The molecule has 2 aromatic rings. The van der Waals surface area contributed by atoms with E-state index in [-0.39, 0.29) is 32.1 Å². The molecule has 0 bridgehead atoms. The van der Waals surface area contributed by atoms with Gasteiger partial charge in [-0.2, -0.15) is 0 Å². The van der Waals surface area contributed by atoms with Crippen LogP contribution in [0.1, 0.15) is 43.2 Å². The van der Waals surface area contributed by atoms with Gasteiger partial charge in [0.2, 0.25) is 5.91 Å². The van der Waals surface area contributed by atoms with Crippen molar-refractivity contribution in [2.75, 3.05) is 26.4 Å². The molecule has 34 heavy (non-hydrogen) atoms. The predicted molar refractivity (Wildman–Crippen MR) is 125 cm³/mol. The van der Waals surface area contributed by atoms with E-state index in [4.69, 9.17) is 9.47 Å². The number of ether oxygens (including phenoxy) is 2. The van der Waals surface area contributed by atoms with Crippen LogP contribution >= 0.6 is 0 Å². The first kappa shape index (κ1) is 23.8. The van der Waals surface area contributed by atoms with Crippen molar-refractivity contribution < 1.29 is 29.0 Å². The lowest BCUT2D eigenvalue weighted by Gasteiger charge is -2.36. The minimum atomic E-state index is -1.09. The van der Waals surface area contributed by atoms with Gasteiger partial charge in [0.15, 0.2) is 0 Å². The van der Waals surface area contributed by atoms with Gasteiger partial charge in [-0.25, -0.2) is 9.59 Å². The van der Waals surface area contributed by atoms with Gasteiger partial charge in [0, 0.05) is 19.1 Å². The van der Waals surface area contributed by atoms with E-state index in [9.17, 15) is 19.5 Å². The molecule has 4 rings (SSSR count). The Bertz CT molecular complexity index is 1020. The Morgan fingerprint density at radius 3 is 2.32 bits per heavy atom. The number of fused-ring (bicyclic) bond motifs is 3. The predicted octanol–water partition coefficient (Wildman–Crippen LogP) is 3.30. The molecule has 8 heteroatoms. The van der Waals surface area contributed by atoms with Crippen LogP contribution in [-0.2, 0) is 19.1 Å². The Morgan fingerprint density at radius 1 is 1.12 bits per heavy atom. The van der Waals surface area contributed by atoms with Crippen molar-refractivity contribution in [1.82, 2.24) is 10.6 Å². The normalized spacial score (nSPS) is 20.0. The average Bonchev–Trinajstić information content (AvgIpc) is 3.18. The first-order chi connectivity index (χ1) is 16.4. The maximum absolute atomic E-state index is 13.0. The van der Waals surface area contributed by atoms with Crippen LogP contribution in [0, 0.1) is 5.41 Å². The number of alkyl carbamates (subject to hydrolysis) is 1. The van der Waals surface area contributed by atoms with Gasteiger partial charge >= 0.3 is 12.1 Å². The summed E-state index contributed by atoms with van der Waals surface area (Å²) in [6.45, 7) is 2.50. The van der Waals surface area contributed by atoms with Crippen LogP contribution in [0.3, 0.4) is 0 Å². The molecule has 0 radical (unpaired) electrons. The van der Waals surface area contributed by atoms with Crippen molar-refractivity contribution in [2.24, 2.45) is 5.41 Å². The summed E-state index contributed by atoms with van der Waals surface area (Å²) in [5.74, 6) is -1.58. The molecule has 8 nitrogen and oxygen atoms in total. The molecule has 1 fully saturated rings. The standard InChI is InChI=1S/C26H30N2O6/c1-2-22(23(29)30)28-24(31)26(12-7-13-33-16-26)15-27-25(32)34-14-21-19-10-5-3-8-17(19)18-9-4-6-11-20(18)21/h3-6,8-11,21-22H,2,7,12-16H2,1H3,(H,27,32)(H,28,31)(H,29,30)/t22-,26?/m1/s1. The molecule has 0 spiro atoms. The Hall–Kier alpha value is -3.39. The first-order valence-electron chi connectivity index (χ1n) is 11.7. The zero-order chi connectivity index (χ0) is 24.1. The lowest BCUT2D eigenvalue weighted by molar-refractivity contribution is -0.147. The SMILES string of the molecule is CC[C@@H](NC(=O)C1(CNC(=O)OCC2c3ccccc3-c3ccccc32)CCCOC1)C(=O)O. The fourth-order valence-electron chi connectivity index (χ4n) is 4.79. The van der Waals surface area contributed by atoms with Crippen molar-refractivity contribution in [3.05, 3.63) is 59.7 Å². The number of amides is 2. The Labute approximate surface area is 198 Å². The van der Waals surface area contributed by atoms with Crippen LogP contribution in [0.2, 0.25) is 0 Å². The quantitative estimate of drug-likeness (QED) is 0.550. The number of carboxylic acids is 1. The molecule has 2 aromatic carbocycles. The summed E-state index contributed by atoms with van der Waals surface area (Å²) >= 11 is 0. The van der Waals surface area contributed by atoms with E-state index in [1.807, 2.05) is 36.4 Å². The van der Waals surface area contributed by atoms with E-state index in [1.54, 1.807) is 6.92 Å². The highest BCUT2D eigenvalue weighted by atomic mass is 16.5. The van der Waals surface area contributed by atoms with Crippen molar-refractivity contribution in [3.8, 4) is 11.1 Å². The highest BCUT2D eigenvalue weighted by Crippen LogP contribution is 2.44. The molecule has 180 valence electrons. The number of carbonyl (C=O) groups is 3. The monoisotopic (exact) mass is 466 g/mol. The number of nitrogens with one attached hydrogen (secondary N) is 2. The molecule has 1 aliphatic carbocycles. The van der Waals surface area contributed by atoms with Crippen molar-refractivity contribution >= 4 is 18.0 Å². The maximum atomic E-state index is 13.0. The largest absolute Gasteiger partial charge is 0.480 e. The van der Waals surface area contributed by atoms with Crippen molar-refractivity contribution in [1.29, 1.82) is 0 Å². The van der Waals surface area contributed by atoms with Gasteiger partial charge in [-0.1, -0.05) is 55.5 Å². The highest BCUT2D eigenvalue weighted by Gasteiger charge is 2.42. The second-order valence-corrected chi connectivity index (χ2v) is 8.89. The smallest absolute Gasteiger partial charge is 0.407 e. The van der Waals surface area contributed by atoms with Crippen LogP contribution in [0.5, 0.6) is 0 Å². The fourth-order valence-corrected chi connectivity index (χ4v) is 4.79. The lowest BCUT2D eigenvalue weighted by atomic mass is 9.81. The second-order valence-electron chi connectivity index (χ2n) is 8.89. The van der Waals surface area contributed by atoms with Gasteiger partial charge in [-0.05, 0) is 41.5 Å². The van der Waals surface area contributed by atoms with E-state index in [0.29, 0.717) is 19.4 Å². The van der Waals surface area contributed by atoms with Crippen LogP contribution in [0.25, 0.3) is 11.1 Å². The van der Waals surface area contributed by atoms with E-state index in [2.05, 4.69) is 22.8 Å². The van der Waals surface area contributed by atoms with Gasteiger partial charge in [0.25, 0.3) is 0 Å². The topological polar surface area (TPSA) is 114 Å². The number of benzene rings is 2. The number of aliphatic carboxylic acids is 1. The van der Waals surface area contributed by atoms with Crippen LogP contribution in [0.4, 0.5) is 4.79 Å². The third kappa shape index (κ3) is 4.77. The third-order valence-electron chi connectivity index (χ3n) is 6.73. The van der Waals surface area contributed by atoms with E-state index in [0.717, 1.165) is 22.3 Å². The minimum Gasteiger partial charge on any atom is -0.480 e. The summed E-state index contributed by atoms with van der Waals surface area (Å²) in [6.07, 6.45) is 0.768. The summed E-state index contributed by atoms with van der Waals surface area (Å²) < 4.78 is 11.1. The van der Waals surface area contributed by atoms with Crippen LogP contribution in [-0.4, -0.2) is 55.5 Å². The number of hydrogen-bond acceptors (Lipinski definition) is 5. The molecule has 1 saturated heterocycles. The molecule has 1 heterocycles. The van der Waals surface area contributed by atoms with Gasteiger partial charge in [0.05, 0.1) is 12.0 Å². The number of carbonyl (C=O) groups excluding carboxylic acids is 2. The van der Waals surface area contributed by atoms with Gasteiger partial charge < -0.3 is 25.2 Å². The summed E-state index contributed by atoms with van der Waals surface area (Å²) in [4.78, 5) is 37.0. The average molecular weight is 467 g/mol. The molecule has 0 aromatic heterocycles. The second kappa shape index (κ2) is 10.3. The summed E-state index contributed by atoms with van der Waals surface area (Å²) in [5, 5.41) is 14.6. The molecule has 1 aliphatic heterocycles. The molecular formula is C26H30N2O6. The van der Waals surface area contributed by atoms with E-state index in [1.165, 1.54) is 0 Å². The van der Waals surface area contributed by atoms with Crippen molar-refractivity contribution in [3.63, 3.8) is 0 Å². The van der Waals surface area contributed by atoms with Gasteiger partial charge in [0.1, 0.15) is 12.6 Å². The molecule has 0 saturated carbocycles. The Balaban J connectivity index is 1.39. The van der Waals surface area contributed by atoms with Gasteiger partial charge in [-0.3, -0.25) is 4.79 Å². The van der Waals surface area contributed by atoms with Crippen LogP contribution < -0.4 is 10.6 Å². The third-order valence-corrected chi connectivity index (χ3v) is 6.73. The fraction of sp³-hybridized carbons (Fsp3) is 0.423. The molecule has 2 amide bonds. The number of carboxylic acid groups (broad SMARTS) is 1. The zero-order valence-electron chi connectivity index (χ0n) is 19.2. The molecular weight excluding hydrogens is 436 g/mol. The summed E-state index contributed by atoms with van der Waals surface area (Å²) in [5.41, 5.74) is 3.49. The first-order valence-corrected chi connectivity index (χ1v) is 11.7. The number of hydrogen-bond donors (Lipinski definition) is 3. The Kier molecular flexibility index (Phi) is 7.17. The van der Waals surface area contributed by atoms with Gasteiger partial charge in [-0.15, -0.1) is 0 Å². The molecule has 2 atom stereocenters. The summed E-state index contributed by atoms with van der Waals surface area (Å²) in [6, 6.07) is 15.2. The molecule has 1 unspecified atom stereocenters. The van der Waals surface area contributed by atoms with E-state index >= 15 is 0 Å². The molecule has 3 N–H and O–H groups in total. The molecule has 2 aliphatic rings. The highest BCUT2D eigenvalue weighted by molar-refractivity contribution is 5.88. The Morgan fingerprint density at radius 2 is 1.76 bits per heavy atom. The minimum absolute atomic E-state index is 0.00552. The zero-order valence-corrected chi connectivity index (χ0v) is 19.2. The maximum Gasteiger partial charge on any atom is 0.407 e. The van der Waals surface area contributed by atoms with Crippen LogP contribution in [0.15, 0.2) is 48.5 Å². The summed E-state index contributed by atoms with van der Waals surface area (Å²) in [7, 11) is 0. The van der Waals surface area contributed by atoms with Crippen molar-refractivity contribution in [2.45, 2.75) is 38.1 Å². The lowest BCUT2D eigenvalue weighted by Crippen LogP contribution is -2.56.